The Kier molecular flexibility index (Phi) is 5.10. The van der Waals surface area contributed by atoms with Gasteiger partial charge in [0.25, 0.3) is 5.91 Å². The number of hydrogen-bond acceptors (Lipinski definition) is 5. The summed E-state index contributed by atoms with van der Waals surface area (Å²) >= 11 is 1.60. The van der Waals surface area contributed by atoms with Crippen molar-refractivity contribution in [1.29, 1.82) is 0 Å². The van der Waals surface area contributed by atoms with E-state index in [4.69, 9.17) is 4.74 Å². The monoisotopic (exact) mass is 400 g/mol. The lowest BCUT2D eigenvalue weighted by atomic mass is 9.75. The number of nitrogens with one attached hydrogen (secondary N) is 1. The maximum Gasteiger partial charge on any atom is 0.326 e. The highest BCUT2D eigenvalue weighted by atomic mass is 32.1. The second-order valence-electron chi connectivity index (χ2n) is 7.67. The fourth-order valence-electron chi connectivity index (χ4n) is 4.21. The lowest BCUT2D eigenvalue weighted by Gasteiger charge is -2.34. The Morgan fingerprint density at radius 3 is 2.79 bits per heavy atom. The van der Waals surface area contributed by atoms with E-state index in [-0.39, 0.29) is 19.1 Å². The Labute approximate surface area is 167 Å². The first-order valence-corrected chi connectivity index (χ1v) is 10.7. The lowest BCUT2D eigenvalue weighted by Crippen LogP contribution is -2.49. The number of thiophene rings is 1. The van der Waals surface area contributed by atoms with Crippen LogP contribution in [-0.4, -0.2) is 34.9 Å². The first-order chi connectivity index (χ1) is 13.5. The summed E-state index contributed by atoms with van der Waals surface area (Å²) in [6.07, 6.45) is 4.22. The van der Waals surface area contributed by atoms with Crippen LogP contribution in [0.2, 0.25) is 0 Å². The molecule has 1 aromatic carbocycles. The fraction of sp³-hybridized carbons (Fsp3) is 0.476. The number of ether oxygens (including phenoxy) is 1. The minimum Gasteiger partial charge on any atom is -0.459 e. The van der Waals surface area contributed by atoms with E-state index in [1.165, 1.54) is 0 Å². The van der Waals surface area contributed by atoms with Gasteiger partial charge in [-0.1, -0.05) is 31.5 Å². The molecule has 0 bridgehead atoms. The van der Waals surface area contributed by atoms with Gasteiger partial charge in [0.2, 0.25) is 0 Å². The molecule has 4 rings (SSSR count). The van der Waals surface area contributed by atoms with Gasteiger partial charge in [-0.25, -0.2) is 4.79 Å². The number of esters is 1. The quantitative estimate of drug-likeness (QED) is 0.611. The average Bonchev–Trinajstić information content (AvgIpc) is 3.22. The third kappa shape index (κ3) is 3.39. The Morgan fingerprint density at radius 1 is 1.29 bits per heavy atom. The molecule has 1 aliphatic heterocycles. The van der Waals surface area contributed by atoms with Gasteiger partial charge < -0.3 is 10.1 Å². The molecule has 28 heavy (non-hydrogen) atoms. The lowest BCUT2D eigenvalue weighted by molar-refractivity contribution is -0.149. The van der Waals surface area contributed by atoms with Crippen LogP contribution in [0.5, 0.6) is 0 Å². The molecule has 2 aromatic rings. The Bertz CT molecular complexity index is 914. The number of fused-ring (bicyclic) bond motifs is 1. The van der Waals surface area contributed by atoms with E-state index in [1.54, 1.807) is 11.3 Å². The molecule has 2 fully saturated rings. The van der Waals surface area contributed by atoms with Gasteiger partial charge in [0.15, 0.2) is 0 Å². The first-order valence-electron chi connectivity index (χ1n) is 9.77. The van der Waals surface area contributed by atoms with Crippen molar-refractivity contribution in [3.63, 3.8) is 0 Å². The molecule has 6 nitrogen and oxygen atoms in total. The molecule has 2 aliphatic rings. The molecule has 1 saturated carbocycles. The molecule has 0 unspecified atom stereocenters. The number of nitrogens with zero attached hydrogens (tertiary/aromatic N) is 1. The summed E-state index contributed by atoms with van der Waals surface area (Å²) in [6, 6.07) is 7.43. The summed E-state index contributed by atoms with van der Waals surface area (Å²) in [6.45, 7) is 1.94. The minimum atomic E-state index is -0.827. The van der Waals surface area contributed by atoms with Gasteiger partial charge in [-0.15, -0.1) is 11.3 Å². The largest absolute Gasteiger partial charge is 0.459 e. The Morgan fingerprint density at radius 2 is 2.04 bits per heavy atom. The summed E-state index contributed by atoms with van der Waals surface area (Å²) in [7, 11) is 0. The van der Waals surface area contributed by atoms with Gasteiger partial charge in [0.05, 0.1) is 0 Å². The molecule has 1 N–H and O–H groups in total. The van der Waals surface area contributed by atoms with Crippen molar-refractivity contribution < 1.29 is 19.1 Å². The van der Waals surface area contributed by atoms with Gasteiger partial charge in [0, 0.05) is 10.3 Å². The van der Waals surface area contributed by atoms with Gasteiger partial charge in [-0.2, -0.15) is 0 Å². The van der Waals surface area contributed by atoms with Crippen molar-refractivity contribution in [3.05, 3.63) is 35.2 Å². The molecule has 0 atom stereocenters. The van der Waals surface area contributed by atoms with Gasteiger partial charge in [0.1, 0.15) is 18.7 Å². The molecule has 1 spiro atoms. The van der Waals surface area contributed by atoms with Crippen molar-refractivity contribution in [2.24, 2.45) is 5.92 Å². The summed E-state index contributed by atoms with van der Waals surface area (Å²) in [4.78, 5) is 38.5. The first kappa shape index (κ1) is 18.9. The fourth-order valence-corrected chi connectivity index (χ4v) is 5.16. The molecule has 1 aromatic heterocycles. The van der Waals surface area contributed by atoms with Crippen molar-refractivity contribution in [3.8, 4) is 0 Å². The zero-order chi connectivity index (χ0) is 19.7. The van der Waals surface area contributed by atoms with Crippen LogP contribution in [0.15, 0.2) is 29.6 Å². The van der Waals surface area contributed by atoms with Crippen molar-refractivity contribution in [1.82, 2.24) is 10.2 Å². The van der Waals surface area contributed by atoms with Crippen LogP contribution in [0.4, 0.5) is 4.79 Å². The summed E-state index contributed by atoms with van der Waals surface area (Å²) < 4.78 is 6.49. The van der Waals surface area contributed by atoms with Crippen molar-refractivity contribution in [2.45, 2.75) is 51.2 Å². The number of imide groups is 1. The predicted molar refractivity (Wildman–Crippen MR) is 107 cm³/mol. The third-order valence-corrected chi connectivity index (χ3v) is 7.03. The Hall–Kier alpha value is -2.41. The number of carbonyl (C=O) groups excluding carboxylic acids is 3. The van der Waals surface area contributed by atoms with E-state index in [2.05, 4.69) is 12.2 Å². The van der Waals surface area contributed by atoms with E-state index in [9.17, 15) is 14.4 Å². The van der Waals surface area contributed by atoms with E-state index in [1.807, 2.05) is 29.6 Å². The highest BCUT2D eigenvalue weighted by Crippen LogP contribution is 2.37. The highest BCUT2D eigenvalue weighted by Gasteiger charge is 2.52. The van der Waals surface area contributed by atoms with Crippen LogP contribution < -0.4 is 5.32 Å². The van der Waals surface area contributed by atoms with Crippen LogP contribution in [0, 0.1) is 5.92 Å². The number of urea groups is 1. The second-order valence-corrected chi connectivity index (χ2v) is 8.58. The normalized spacial score (nSPS) is 24.8. The van der Waals surface area contributed by atoms with E-state index in [0.29, 0.717) is 18.8 Å². The summed E-state index contributed by atoms with van der Waals surface area (Å²) in [5.74, 6) is -0.252. The number of rotatable bonds is 5. The number of carbonyl (C=O) groups is 3. The zero-order valence-electron chi connectivity index (χ0n) is 15.9. The molecule has 3 amide bonds. The number of benzene rings is 1. The van der Waals surface area contributed by atoms with Gasteiger partial charge >= 0.3 is 12.0 Å². The van der Waals surface area contributed by atoms with E-state index >= 15 is 0 Å². The molecule has 1 saturated heterocycles. The topological polar surface area (TPSA) is 75.7 Å². The van der Waals surface area contributed by atoms with Crippen LogP contribution in [0.1, 0.15) is 44.6 Å². The molecular formula is C21H24N2O4S. The van der Waals surface area contributed by atoms with Gasteiger partial charge in [-0.05, 0) is 48.4 Å². The van der Waals surface area contributed by atoms with Crippen LogP contribution >= 0.6 is 11.3 Å². The third-order valence-electron chi connectivity index (χ3n) is 6.02. The van der Waals surface area contributed by atoms with Gasteiger partial charge in [-0.3, -0.25) is 14.5 Å². The maximum absolute atomic E-state index is 12.9. The van der Waals surface area contributed by atoms with Crippen molar-refractivity contribution in [2.75, 3.05) is 6.54 Å². The van der Waals surface area contributed by atoms with E-state index in [0.717, 1.165) is 39.8 Å². The minimum absolute atomic E-state index is 0.135. The molecular weight excluding hydrogens is 376 g/mol. The van der Waals surface area contributed by atoms with Crippen LogP contribution in [0.3, 0.4) is 0 Å². The predicted octanol–water partition coefficient (Wildman–Crippen LogP) is 3.84. The molecule has 7 heteroatoms. The average molecular weight is 401 g/mol. The summed E-state index contributed by atoms with van der Waals surface area (Å²) in [5.41, 5.74) is 0.104. The second kappa shape index (κ2) is 7.54. The molecule has 1 aliphatic carbocycles. The zero-order valence-corrected chi connectivity index (χ0v) is 16.7. The SMILES string of the molecule is CCC1CCC2(CC1)NC(=O)N(CC(=O)OCc1csc3ccccc13)C2=O. The molecule has 148 valence electrons. The number of hydrogen-bond donors (Lipinski definition) is 1. The highest BCUT2D eigenvalue weighted by molar-refractivity contribution is 7.17. The smallest absolute Gasteiger partial charge is 0.326 e. The number of amides is 3. The van der Waals surface area contributed by atoms with Crippen molar-refractivity contribution >= 4 is 39.3 Å². The molecule has 2 heterocycles. The Balaban J connectivity index is 1.36. The van der Waals surface area contributed by atoms with E-state index < -0.39 is 17.5 Å². The summed E-state index contributed by atoms with van der Waals surface area (Å²) in [5, 5.41) is 5.87. The van der Waals surface area contributed by atoms with Crippen LogP contribution in [-0.2, 0) is 20.9 Å². The molecule has 0 radical (unpaired) electrons. The standard InChI is InChI=1S/C21H24N2O4S/c1-2-14-7-9-21(10-8-14)19(25)23(20(26)22-21)11-18(24)27-12-15-13-28-17-6-4-3-5-16(15)17/h3-6,13-14H,2,7-12H2,1H3,(H,22,26). The van der Waals surface area contributed by atoms with Crippen LogP contribution in [0.25, 0.3) is 10.1 Å². The maximum atomic E-state index is 12.9.